The maximum atomic E-state index is 12.7. The predicted molar refractivity (Wildman–Crippen MR) is 121 cm³/mol. The first-order valence-corrected chi connectivity index (χ1v) is 10.6. The van der Waals surface area contributed by atoms with Gasteiger partial charge in [-0.2, -0.15) is 0 Å². The second-order valence-electron chi connectivity index (χ2n) is 6.62. The smallest absolute Gasteiger partial charge is 0.338 e. The Bertz CT molecular complexity index is 1070. The third kappa shape index (κ3) is 3.28. The first-order valence-electron chi connectivity index (χ1n) is 9.03. The normalized spacial score (nSPS) is 12.7. The van der Waals surface area contributed by atoms with E-state index in [1.165, 1.54) is 0 Å². The molecule has 7 heteroatoms. The van der Waals surface area contributed by atoms with Crippen molar-refractivity contribution in [1.82, 2.24) is 0 Å². The highest BCUT2D eigenvalue weighted by atomic mass is 79.9. The number of rotatable bonds is 3. The van der Waals surface area contributed by atoms with E-state index in [4.69, 9.17) is 20.9 Å². The molecular weight excluding hydrogens is 500 g/mol. The van der Waals surface area contributed by atoms with Crippen molar-refractivity contribution in [3.05, 3.63) is 79.7 Å². The average Bonchev–Trinajstić information content (AvgIpc) is 2.72. The number of anilines is 2. The first-order chi connectivity index (χ1) is 13.9. The molecule has 29 heavy (non-hydrogen) atoms. The van der Waals surface area contributed by atoms with Crippen LogP contribution < -0.4 is 16.2 Å². The fraction of sp³-hybridized carbons (Fsp3) is 0.136. The Kier molecular flexibility index (Phi) is 5.27. The van der Waals surface area contributed by atoms with Crippen molar-refractivity contribution in [2.45, 2.75) is 12.8 Å². The number of esters is 1. The second kappa shape index (κ2) is 7.72. The lowest BCUT2D eigenvalue weighted by Crippen LogP contribution is -2.17. The number of ether oxygens (including phenoxy) is 2. The van der Waals surface area contributed by atoms with Gasteiger partial charge in [0.2, 0.25) is 0 Å². The molecule has 0 radical (unpaired) electrons. The van der Waals surface area contributed by atoms with Crippen molar-refractivity contribution in [2.24, 2.45) is 0 Å². The molecule has 0 spiro atoms. The minimum Gasteiger partial charge on any atom is -0.462 e. The summed E-state index contributed by atoms with van der Waals surface area (Å²) in [4.78, 5) is 12.7. The van der Waals surface area contributed by atoms with Gasteiger partial charge in [0.15, 0.2) is 0 Å². The van der Waals surface area contributed by atoms with E-state index in [1.54, 1.807) is 13.0 Å². The van der Waals surface area contributed by atoms with Crippen LogP contribution in [0.15, 0.2) is 57.5 Å². The van der Waals surface area contributed by atoms with Crippen LogP contribution in [0.5, 0.6) is 11.5 Å². The highest BCUT2D eigenvalue weighted by Gasteiger charge is 2.34. The topological polar surface area (TPSA) is 87.6 Å². The molecule has 1 heterocycles. The zero-order chi connectivity index (χ0) is 20.7. The number of nitrogen functional groups attached to an aromatic ring is 2. The summed E-state index contributed by atoms with van der Waals surface area (Å²) in [6, 6.07) is 14.9. The Labute approximate surface area is 185 Å². The molecule has 3 aromatic carbocycles. The fourth-order valence-electron chi connectivity index (χ4n) is 3.58. The summed E-state index contributed by atoms with van der Waals surface area (Å²) in [6.07, 6.45) is 0. The third-order valence-corrected chi connectivity index (χ3v) is 6.54. The molecule has 0 aromatic heterocycles. The Morgan fingerprint density at radius 1 is 0.931 bits per heavy atom. The summed E-state index contributed by atoms with van der Waals surface area (Å²) in [5.41, 5.74) is 16.4. The number of hydrogen-bond donors (Lipinski definition) is 2. The lowest BCUT2D eigenvalue weighted by Gasteiger charge is -2.31. The summed E-state index contributed by atoms with van der Waals surface area (Å²) in [7, 11) is 0. The third-order valence-electron chi connectivity index (χ3n) is 4.91. The van der Waals surface area contributed by atoms with E-state index < -0.39 is 0 Å². The Balaban J connectivity index is 2.02. The Morgan fingerprint density at radius 3 is 2.03 bits per heavy atom. The number of halogens is 2. The van der Waals surface area contributed by atoms with Crippen molar-refractivity contribution in [3.63, 3.8) is 0 Å². The molecule has 148 valence electrons. The maximum Gasteiger partial charge on any atom is 0.338 e. The largest absolute Gasteiger partial charge is 0.462 e. The standard InChI is InChI=1S/C22H18Br2N2O3/c1-2-28-22(27)12-6-4-3-5-11(12)17-13-7-9-15(25)18(23)20(13)29-21-14(17)8-10-16(26)19(21)24/h3-10,17H,2,25-26H2,1H3. The van der Waals surface area contributed by atoms with Crippen LogP contribution in [0.2, 0.25) is 0 Å². The number of benzene rings is 3. The molecule has 0 saturated heterocycles. The van der Waals surface area contributed by atoms with Gasteiger partial charge in [0.05, 0.1) is 21.1 Å². The van der Waals surface area contributed by atoms with E-state index >= 15 is 0 Å². The van der Waals surface area contributed by atoms with Gasteiger partial charge >= 0.3 is 5.97 Å². The molecule has 0 amide bonds. The molecule has 0 bridgehead atoms. The highest BCUT2D eigenvalue weighted by Crippen LogP contribution is 2.54. The average molecular weight is 518 g/mol. The van der Waals surface area contributed by atoms with E-state index in [0.717, 1.165) is 16.7 Å². The number of nitrogens with two attached hydrogens (primary N) is 2. The predicted octanol–water partition coefficient (Wildman–Crippen LogP) is 5.84. The van der Waals surface area contributed by atoms with E-state index in [0.29, 0.717) is 44.0 Å². The molecule has 0 atom stereocenters. The molecule has 0 aliphatic carbocycles. The van der Waals surface area contributed by atoms with Crippen molar-refractivity contribution in [3.8, 4) is 11.5 Å². The van der Waals surface area contributed by atoms with Gasteiger partial charge in [-0.1, -0.05) is 30.3 Å². The van der Waals surface area contributed by atoms with Gasteiger partial charge in [0.25, 0.3) is 0 Å². The Hall–Kier alpha value is -2.51. The van der Waals surface area contributed by atoms with Crippen LogP contribution in [0, 0.1) is 0 Å². The summed E-state index contributed by atoms with van der Waals surface area (Å²) >= 11 is 7.09. The van der Waals surface area contributed by atoms with Crippen molar-refractivity contribution >= 4 is 49.2 Å². The van der Waals surface area contributed by atoms with Gasteiger partial charge < -0.3 is 20.9 Å². The molecule has 1 aliphatic heterocycles. The van der Waals surface area contributed by atoms with E-state index in [9.17, 15) is 4.79 Å². The molecule has 0 saturated carbocycles. The fourth-order valence-corrected chi connectivity index (χ4v) is 4.47. The maximum absolute atomic E-state index is 12.7. The molecule has 3 aromatic rings. The molecule has 1 aliphatic rings. The molecule has 4 rings (SSSR count). The monoisotopic (exact) mass is 516 g/mol. The number of hydrogen-bond acceptors (Lipinski definition) is 5. The SMILES string of the molecule is CCOC(=O)c1ccccc1C1c2ccc(N)c(Br)c2Oc2c1ccc(N)c2Br. The zero-order valence-corrected chi connectivity index (χ0v) is 18.7. The van der Waals surface area contributed by atoms with Crippen molar-refractivity contribution in [1.29, 1.82) is 0 Å². The lowest BCUT2D eigenvalue weighted by atomic mass is 9.80. The quantitative estimate of drug-likeness (QED) is 0.263. The first kappa shape index (κ1) is 19.8. The lowest BCUT2D eigenvalue weighted by molar-refractivity contribution is 0.0525. The van der Waals surface area contributed by atoms with Crippen LogP contribution >= 0.6 is 31.9 Å². The minimum atomic E-state index is -0.360. The summed E-state index contributed by atoms with van der Waals surface area (Å²) in [5, 5.41) is 0. The molecule has 0 unspecified atom stereocenters. The van der Waals surface area contributed by atoms with Gasteiger partial charge in [0, 0.05) is 28.4 Å². The number of carbonyl (C=O) groups excluding carboxylic acids is 1. The van der Waals surface area contributed by atoms with E-state index in [1.807, 2.05) is 42.5 Å². The minimum absolute atomic E-state index is 0.261. The van der Waals surface area contributed by atoms with Crippen LogP contribution in [0.1, 0.15) is 39.9 Å². The zero-order valence-electron chi connectivity index (χ0n) is 15.5. The highest BCUT2D eigenvalue weighted by molar-refractivity contribution is 9.11. The van der Waals surface area contributed by atoms with Crippen LogP contribution in [0.4, 0.5) is 11.4 Å². The van der Waals surface area contributed by atoms with Gasteiger partial charge in [-0.25, -0.2) is 4.79 Å². The van der Waals surface area contributed by atoms with E-state index in [-0.39, 0.29) is 11.9 Å². The molecule has 4 N–H and O–H groups in total. The van der Waals surface area contributed by atoms with Crippen LogP contribution in [-0.2, 0) is 4.74 Å². The number of carbonyl (C=O) groups is 1. The van der Waals surface area contributed by atoms with Gasteiger partial charge in [-0.05, 0) is 62.5 Å². The van der Waals surface area contributed by atoms with Crippen LogP contribution in [0.3, 0.4) is 0 Å². The van der Waals surface area contributed by atoms with Gasteiger partial charge in [-0.15, -0.1) is 0 Å². The number of fused-ring (bicyclic) bond motifs is 2. The van der Waals surface area contributed by atoms with Crippen LogP contribution in [-0.4, -0.2) is 12.6 Å². The second-order valence-corrected chi connectivity index (χ2v) is 8.20. The van der Waals surface area contributed by atoms with Gasteiger partial charge in [-0.3, -0.25) is 0 Å². The van der Waals surface area contributed by atoms with Gasteiger partial charge in [0.1, 0.15) is 11.5 Å². The van der Waals surface area contributed by atoms with E-state index in [2.05, 4.69) is 31.9 Å². The van der Waals surface area contributed by atoms with Crippen molar-refractivity contribution in [2.75, 3.05) is 18.1 Å². The summed E-state index contributed by atoms with van der Waals surface area (Å²) < 4.78 is 12.8. The summed E-state index contributed by atoms with van der Waals surface area (Å²) in [5.74, 6) is 0.588. The molecular formula is C22H18Br2N2O3. The Morgan fingerprint density at radius 2 is 1.48 bits per heavy atom. The molecule has 0 fully saturated rings. The summed E-state index contributed by atoms with van der Waals surface area (Å²) in [6.45, 7) is 2.09. The molecule has 5 nitrogen and oxygen atoms in total. The van der Waals surface area contributed by atoms with Crippen LogP contribution in [0.25, 0.3) is 0 Å². The van der Waals surface area contributed by atoms with Crippen molar-refractivity contribution < 1.29 is 14.3 Å².